The van der Waals surface area contributed by atoms with Gasteiger partial charge in [-0.1, -0.05) is 19.4 Å². The Hall–Kier alpha value is -2.72. The van der Waals surface area contributed by atoms with Crippen LogP contribution in [0.2, 0.25) is 0 Å². The lowest BCUT2D eigenvalue weighted by Crippen LogP contribution is -2.61. The monoisotopic (exact) mass is 543 g/mol. The van der Waals surface area contributed by atoms with Crippen LogP contribution in [-0.4, -0.2) is 80.2 Å². The van der Waals surface area contributed by atoms with Crippen molar-refractivity contribution in [1.82, 2.24) is 20.7 Å². The maximum Gasteiger partial charge on any atom is 0.421 e. The van der Waals surface area contributed by atoms with Gasteiger partial charge in [-0.15, -0.1) is 0 Å². The van der Waals surface area contributed by atoms with E-state index in [0.717, 1.165) is 84.3 Å². The fourth-order valence-electron chi connectivity index (χ4n) is 6.53. The molecule has 4 aliphatic rings. The number of hydrazine groups is 1. The van der Waals surface area contributed by atoms with Crippen LogP contribution in [0.25, 0.3) is 0 Å². The Morgan fingerprint density at radius 1 is 1.13 bits per heavy atom. The van der Waals surface area contributed by atoms with Gasteiger partial charge in [-0.2, -0.15) is 0 Å². The van der Waals surface area contributed by atoms with Crippen molar-refractivity contribution in [2.75, 3.05) is 57.3 Å². The number of rotatable bonds is 8. The maximum absolute atomic E-state index is 15.0. The number of nitrogens with one attached hydrogen (secondary N) is 2. The van der Waals surface area contributed by atoms with Crippen molar-refractivity contribution >= 4 is 23.6 Å². The highest BCUT2D eigenvalue weighted by molar-refractivity contribution is 6.00. The summed E-state index contributed by atoms with van der Waals surface area (Å²) >= 11 is 0. The third kappa shape index (κ3) is 6.72. The zero-order valence-electron chi connectivity index (χ0n) is 23.1. The molecule has 2 N–H and O–H groups in total. The van der Waals surface area contributed by atoms with Gasteiger partial charge >= 0.3 is 6.09 Å². The molecule has 4 aliphatic heterocycles. The first-order valence-corrected chi connectivity index (χ1v) is 14.6. The van der Waals surface area contributed by atoms with Gasteiger partial charge in [-0.25, -0.2) is 14.2 Å². The summed E-state index contributed by atoms with van der Waals surface area (Å²) in [7, 11) is 0. The molecule has 0 radical (unpaired) electrons. The van der Waals surface area contributed by atoms with E-state index >= 15 is 4.39 Å². The number of carbonyl (C=O) groups excluding carboxylic acids is 3. The molecule has 10 heteroatoms. The Morgan fingerprint density at radius 3 is 2.54 bits per heavy atom. The van der Waals surface area contributed by atoms with Crippen LogP contribution in [0.3, 0.4) is 0 Å². The minimum atomic E-state index is -0.464. The number of likely N-dealkylation sites (tertiary alicyclic amines) is 1. The van der Waals surface area contributed by atoms with Crippen LogP contribution in [0, 0.1) is 17.2 Å². The molecule has 0 aromatic heterocycles. The van der Waals surface area contributed by atoms with Crippen LogP contribution >= 0.6 is 0 Å². The van der Waals surface area contributed by atoms with Crippen LogP contribution in [-0.2, 0) is 14.3 Å². The normalized spacial score (nSPS) is 24.4. The molecule has 9 nitrogen and oxygen atoms in total. The summed E-state index contributed by atoms with van der Waals surface area (Å²) in [6.07, 6.45) is 6.66. The molecule has 0 bridgehead atoms. The van der Waals surface area contributed by atoms with Gasteiger partial charge in [-0.05, 0) is 75.2 Å². The quantitative estimate of drug-likeness (QED) is 0.383. The van der Waals surface area contributed by atoms with Crippen molar-refractivity contribution in [2.45, 2.75) is 64.2 Å². The number of imide groups is 1. The van der Waals surface area contributed by atoms with Gasteiger partial charge in [0.05, 0.1) is 18.2 Å². The molecule has 4 fully saturated rings. The minimum Gasteiger partial charge on any atom is -0.449 e. The minimum absolute atomic E-state index is 0.260. The topological polar surface area (TPSA) is 94.2 Å². The van der Waals surface area contributed by atoms with Gasteiger partial charge in [0.15, 0.2) is 0 Å². The molecular weight excluding hydrogens is 501 g/mol. The summed E-state index contributed by atoms with van der Waals surface area (Å²) < 4.78 is 20.2. The predicted octanol–water partition coefficient (Wildman–Crippen LogP) is 3.40. The van der Waals surface area contributed by atoms with Gasteiger partial charge in [0.2, 0.25) is 11.8 Å². The zero-order valence-corrected chi connectivity index (χ0v) is 23.1. The number of carbonyl (C=O) groups is 3. The highest BCUT2D eigenvalue weighted by Gasteiger charge is 2.45. The van der Waals surface area contributed by atoms with E-state index in [4.69, 9.17) is 4.74 Å². The average Bonchev–Trinajstić information content (AvgIpc) is 2.89. The first kappa shape index (κ1) is 27.8. The molecular formula is C29H42FN5O4. The Balaban J connectivity index is 1.02. The predicted molar refractivity (Wildman–Crippen MR) is 146 cm³/mol. The van der Waals surface area contributed by atoms with Crippen LogP contribution < -0.4 is 15.6 Å². The van der Waals surface area contributed by atoms with Crippen molar-refractivity contribution in [3.05, 3.63) is 29.6 Å². The third-order valence-corrected chi connectivity index (χ3v) is 9.03. The Morgan fingerprint density at radius 2 is 1.87 bits per heavy atom. The van der Waals surface area contributed by atoms with Crippen LogP contribution in [0.5, 0.6) is 0 Å². The summed E-state index contributed by atoms with van der Waals surface area (Å²) in [5.41, 5.74) is 4.37. The van der Waals surface area contributed by atoms with Crippen molar-refractivity contribution < 1.29 is 23.5 Å². The van der Waals surface area contributed by atoms with Crippen molar-refractivity contribution in [1.29, 1.82) is 0 Å². The molecule has 1 atom stereocenters. The second-order valence-corrected chi connectivity index (χ2v) is 11.9. The van der Waals surface area contributed by atoms with E-state index in [9.17, 15) is 14.4 Å². The lowest BCUT2D eigenvalue weighted by molar-refractivity contribution is -0.134. The fraction of sp³-hybridized carbons (Fsp3) is 0.690. The van der Waals surface area contributed by atoms with Gasteiger partial charge in [-0.3, -0.25) is 20.3 Å². The van der Waals surface area contributed by atoms with Crippen LogP contribution in [0.15, 0.2) is 18.2 Å². The lowest BCUT2D eigenvalue weighted by atomic mass is 9.71. The number of hydrogen-bond acceptors (Lipinski definition) is 7. The number of benzene rings is 1. The number of amides is 3. The summed E-state index contributed by atoms with van der Waals surface area (Å²) in [4.78, 5) is 40.2. The number of unbranched alkanes of at least 4 members (excludes halogenated alkanes) is 1. The number of anilines is 1. The number of piperidine rings is 3. The molecule has 39 heavy (non-hydrogen) atoms. The van der Waals surface area contributed by atoms with E-state index in [1.807, 2.05) is 11.1 Å². The maximum atomic E-state index is 15.0. The zero-order chi connectivity index (χ0) is 27.4. The Kier molecular flexibility index (Phi) is 8.71. The summed E-state index contributed by atoms with van der Waals surface area (Å²) in [6, 6.07) is 5.10. The summed E-state index contributed by atoms with van der Waals surface area (Å²) in [5, 5.41) is 4.34. The second kappa shape index (κ2) is 12.2. The molecule has 1 unspecified atom stereocenters. The number of ether oxygens (including phenoxy) is 1. The largest absolute Gasteiger partial charge is 0.449 e. The highest BCUT2D eigenvalue weighted by atomic mass is 19.1. The number of nitrogens with zero attached hydrogens (tertiary/aromatic N) is 3. The van der Waals surface area contributed by atoms with Gasteiger partial charge < -0.3 is 14.5 Å². The molecule has 3 amide bonds. The number of hydrogen-bond donors (Lipinski definition) is 2. The van der Waals surface area contributed by atoms with Crippen LogP contribution in [0.4, 0.5) is 14.9 Å². The second-order valence-electron chi connectivity index (χ2n) is 11.9. The highest BCUT2D eigenvalue weighted by Crippen LogP contribution is 2.44. The van der Waals surface area contributed by atoms with Crippen LogP contribution in [0.1, 0.15) is 69.8 Å². The Bertz CT molecular complexity index is 1040. The van der Waals surface area contributed by atoms with E-state index < -0.39 is 5.92 Å². The van der Waals surface area contributed by atoms with E-state index in [-0.39, 0.29) is 35.6 Å². The van der Waals surface area contributed by atoms with Gasteiger partial charge in [0.25, 0.3) is 0 Å². The van der Waals surface area contributed by atoms with Crippen molar-refractivity contribution in [3.63, 3.8) is 0 Å². The molecule has 214 valence electrons. The fourth-order valence-corrected chi connectivity index (χ4v) is 6.53. The molecule has 1 aromatic rings. The average molecular weight is 544 g/mol. The SMILES string of the molecule is CCCCOC(=O)NN1CCC(CN2CCC3(CC2)CN(c2ccc(C4CCC(=O)NC4=O)cc2F)C3)CC1. The van der Waals surface area contributed by atoms with Crippen molar-refractivity contribution in [3.8, 4) is 0 Å². The first-order valence-electron chi connectivity index (χ1n) is 14.6. The van der Waals surface area contributed by atoms with Gasteiger partial charge in [0.1, 0.15) is 5.82 Å². The van der Waals surface area contributed by atoms with E-state index in [1.165, 1.54) is 6.07 Å². The lowest BCUT2D eigenvalue weighted by Gasteiger charge is -2.55. The molecule has 1 spiro atoms. The third-order valence-electron chi connectivity index (χ3n) is 9.03. The molecule has 4 heterocycles. The van der Waals surface area contributed by atoms with E-state index in [2.05, 4.69) is 27.5 Å². The molecule has 4 saturated heterocycles. The molecule has 0 aliphatic carbocycles. The smallest absolute Gasteiger partial charge is 0.421 e. The molecule has 0 saturated carbocycles. The first-order chi connectivity index (χ1) is 18.8. The summed E-state index contributed by atoms with van der Waals surface area (Å²) in [5.74, 6) is -0.709. The van der Waals surface area contributed by atoms with E-state index in [0.29, 0.717) is 30.2 Å². The van der Waals surface area contributed by atoms with Crippen molar-refractivity contribution in [2.24, 2.45) is 11.3 Å². The molecule has 5 rings (SSSR count). The summed E-state index contributed by atoms with van der Waals surface area (Å²) in [6.45, 7) is 9.25. The van der Waals surface area contributed by atoms with Gasteiger partial charge in [0, 0.05) is 44.6 Å². The standard InChI is InChI=1S/C29H42FN5O4/c1-2-3-16-39-28(38)32-35-12-8-21(9-13-35)18-33-14-10-29(11-15-33)19-34(20-29)25-6-4-22(17-24(25)30)23-5-7-26(36)31-27(23)37/h4,6,17,21,23H,2-3,5,7-16,18-20H2,1H3,(H,32,38)(H,31,36,37). The molecule has 1 aromatic carbocycles. The van der Waals surface area contributed by atoms with E-state index in [1.54, 1.807) is 6.07 Å². The Labute approximate surface area is 230 Å². The number of halogens is 1.